The van der Waals surface area contributed by atoms with E-state index in [-0.39, 0.29) is 35.6 Å². The van der Waals surface area contributed by atoms with Gasteiger partial charge in [-0.3, -0.25) is 24.5 Å². The number of rotatable bonds is 7. The summed E-state index contributed by atoms with van der Waals surface area (Å²) < 4.78 is 5.07. The molecule has 0 radical (unpaired) electrons. The molecule has 2 saturated heterocycles. The van der Waals surface area contributed by atoms with Crippen LogP contribution in [0.3, 0.4) is 0 Å². The maximum Gasteiger partial charge on any atom is 0.309 e. The van der Waals surface area contributed by atoms with E-state index in [9.17, 15) is 24.5 Å². The van der Waals surface area contributed by atoms with Crippen LogP contribution in [0.1, 0.15) is 49.9 Å². The van der Waals surface area contributed by atoms with Crippen LogP contribution in [-0.2, 0) is 14.3 Å². The van der Waals surface area contributed by atoms with Gasteiger partial charge in [-0.15, -0.1) is 0 Å². The lowest BCUT2D eigenvalue weighted by Gasteiger charge is -2.34. The molecule has 10 nitrogen and oxygen atoms in total. The highest BCUT2D eigenvalue weighted by molar-refractivity contribution is 6.01. The van der Waals surface area contributed by atoms with Gasteiger partial charge >= 0.3 is 5.97 Å². The molecule has 0 aromatic heterocycles. The Morgan fingerprint density at radius 2 is 1.76 bits per heavy atom. The maximum absolute atomic E-state index is 13.3. The maximum atomic E-state index is 13.3. The number of non-ortho nitro benzene ring substituents is 1. The highest BCUT2D eigenvalue weighted by Gasteiger charge is 2.30. The van der Waals surface area contributed by atoms with E-state index in [2.05, 4.69) is 11.8 Å². The minimum absolute atomic E-state index is 0.137. The van der Waals surface area contributed by atoms with Crippen molar-refractivity contribution in [1.82, 2.24) is 9.80 Å². The van der Waals surface area contributed by atoms with Gasteiger partial charge in [0.2, 0.25) is 5.91 Å². The summed E-state index contributed by atoms with van der Waals surface area (Å²) in [6, 6.07) is 4.36. The molecule has 2 amide bonds. The van der Waals surface area contributed by atoms with Crippen molar-refractivity contribution in [1.29, 1.82) is 0 Å². The van der Waals surface area contributed by atoms with Gasteiger partial charge in [0.25, 0.3) is 11.6 Å². The molecule has 1 aromatic carbocycles. The van der Waals surface area contributed by atoms with Gasteiger partial charge in [-0.1, -0.05) is 6.92 Å². The Morgan fingerprint density at radius 3 is 2.35 bits per heavy atom. The molecule has 0 N–H and O–H groups in total. The SMILES string of the molecule is CCOC(=O)C1CCN(C(=O)CN(C)C(=O)c2cc([N+](=O)[O-])ccc2N2CCC(C)CC2)CC1. The van der Waals surface area contributed by atoms with E-state index < -0.39 is 10.8 Å². The number of carbonyl (C=O) groups is 3. The number of amides is 2. The van der Waals surface area contributed by atoms with Gasteiger partial charge in [-0.2, -0.15) is 0 Å². The summed E-state index contributed by atoms with van der Waals surface area (Å²) in [5, 5.41) is 11.3. The molecule has 10 heteroatoms. The van der Waals surface area contributed by atoms with Crippen molar-refractivity contribution in [3.05, 3.63) is 33.9 Å². The van der Waals surface area contributed by atoms with Crippen LogP contribution in [0, 0.1) is 22.0 Å². The minimum atomic E-state index is -0.516. The van der Waals surface area contributed by atoms with Crippen LogP contribution in [-0.4, -0.2) is 78.9 Å². The molecule has 2 heterocycles. The number of esters is 1. The van der Waals surface area contributed by atoms with Crippen LogP contribution < -0.4 is 4.90 Å². The third-order valence-electron chi connectivity index (χ3n) is 6.73. The highest BCUT2D eigenvalue weighted by Crippen LogP contribution is 2.30. The zero-order valence-corrected chi connectivity index (χ0v) is 20.2. The Morgan fingerprint density at radius 1 is 1.12 bits per heavy atom. The first-order chi connectivity index (χ1) is 16.2. The molecule has 0 atom stereocenters. The Balaban J connectivity index is 1.68. The second-order valence-electron chi connectivity index (χ2n) is 9.20. The zero-order chi connectivity index (χ0) is 24.8. The normalized spacial score (nSPS) is 17.4. The van der Waals surface area contributed by atoms with Crippen molar-refractivity contribution in [3.63, 3.8) is 0 Å². The molecule has 0 bridgehead atoms. The predicted octanol–water partition coefficient (Wildman–Crippen LogP) is 2.70. The quantitative estimate of drug-likeness (QED) is 0.339. The molecule has 0 saturated carbocycles. The first-order valence-electron chi connectivity index (χ1n) is 11.9. The summed E-state index contributed by atoms with van der Waals surface area (Å²) in [6.07, 6.45) is 3.04. The number of carbonyl (C=O) groups excluding carboxylic acids is 3. The molecule has 34 heavy (non-hydrogen) atoms. The fraction of sp³-hybridized carbons (Fsp3) is 0.625. The number of likely N-dealkylation sites (tertiary alicyclic amines) is 1. The van der Waals surface area contributed by atoms with Gasteiger partial charge in [-0.05, 0) is 44.6 Å². The van der Waals surface area contributed by atoms with Crippen LogP contribution >= 0.6 is 0 Å². The van der Waals surface area contributed by atoms with Crippen molar-refractivity contribution >= 4 is 29.2 Å². The van der Waals surface area contributed by atoms with Gasteiger partial charge in [0.1, 0.15) is 0 Å². The van der Waals surface area contributed by atoms with Gasteiger partial charge in [0.15, 0.2) is 0 Å². The van der Waals surface area contributed by atoms with Crippen LogP contribution in [0.2, 0.25) is 0 Å². The molecule has 0 aliphatic carbocycles. The molecule has 2 aliphatic heterocycles. The lowest BCUT2D eigenvalue weighted by molar-refractivity contribution is -0.384. The molecular weight excluding hydrogens is 440 g/mol. The first kappa shape index (κ1) is 25.5. The Bertz CT molecular complexity index is 920. The first-order valence-corrected chi connectivity index (χ1v) is 11.9. The van der Waals surface area contributed by atoms with E-state index in [1.807, 2.05) is 0 Å². The number of nitrogens with zero attached hydrogens (tertiary/aromatic N) is 4. The summed E-state index contributed by atoms with van der Waals surface area (Å²) in [5.41, 5.74) is 0.746. The molecule has 1 aromatic rings. The fourth-order valence-electron chi connectivity index (χ4n) is 4.54. The van der Waals surface area contributed by atoms with Crippen LogP contribution in [0.5, 0.6) is 0 Å². The second kappa shape index (κ2) is 11.3. The Kier molecular flexibility index (Phi) is 8.46. The van der Waals surface area contributed by atoms with Gasteiger partial charge < -0.3 is 19.4 Å². The smallest absolute Gasteiger partial charge is 0.309 e. The average molecular weight is 475 g/mol. The lowest BCUT2D eigenvalue weighted by Crippen LogP contribution is -2.46. The van der Waals surface area contributed by atoms with E-state index in [4.69, 9.17) is 4.74 Å². The second-order valence-corrected chi connectivity index (χ2v) is 9.20. The number of nitro benzene ring substituents is 1. The van der Waals surface area contributed by atoms with Gasteiger partial charge in [-0.25, -0.2) is 0 Å². The van der Waals surface area contributed by atoms with E-state index >= 15 is 0 Å². The zero-order valence-electron chi connectivity index (χ0n) is 20.2. The number of hydrogen-bond donors (Lipinski definition) is 0. The van der Waals surface area contributed by atoms with E-state index in [0.29, 0.717) is 44.1 Å². The lowest BCUT2D eigenvalue weighted by atomic mass is 9.97. The highest BCUT2D eigenvalue weighted by atomic mass is 16.6. The Hall–Kier alpha value is -3.17. The summed E-state index contributed by atoms with van der Waals surface area (Å²) in [6.45, 7) is 6.56. The standard InChI is InChI=1S/C24H34N4O6/c1-4-34-24(31)18-9-13-27(14-10-18)22(29)16-25(3)23(30)20-15-19(28(32)33)5-6-21(20)26-11-7-17(2)8-12-26/h5-6,15,17-18H,4,7-14,16H2,1-3H3. The van der Waals surface area contributed by atoms with E-state index in [1.165, 1.54) is 24.1 Å². The third kappa shape index (κ3) is 6.03. The number of piperidine rings is 2. The third-order valence-corrected chi connectivity index (χ3v) is 6.73. The molecule has 3 rings (SSSR count). The number of ether oxygens (including phenoxy) is 1. The molecular formula is C24H34N4O6. The van der Waals surface area contributed by atoms with Crippen molar-refractivity contribution in [2.24, 2.45) is 11.8 Å². The van der Waals surface area contributed by atoms with Crippen molar-refractivity contribution in [3.8, 4) is 0 Å². The van der Waals surface area contributed by atoms with Gasteiger partial charge in [0, 0.05) is 45.4 Å². The molecule has 0 unspecified atom stereocenters. The number of likely N-dealkylation sites (N-methyl/N-ethyl adjacent to an activating group) is 1. The van der Waals surface area contributed by atoms with Crippen LogP contribution in [0.25, 0.3) is 0 Å². The topological polar surface area (TPSA) is 113 Å². The van der Waals surface area contributed by atoms with Crippen molar-refractivity contribution in [2.45, 2.75) is 39.5 Å². The summed E-state index contributed by atoms with van der Waals surface area (Å²) in [4.78, 5) is 54.0. The van der Waals surface area contributed by atoms with Crippen LogP contribution in [0.4, 0.5) is 11.4 Å². The number of nitro groups is 1. The number of benzene rings is 1. The van der Waals surface area contributed by atoms with E-state index in [0.717, 1.165) is 25.9 Å². The minimum Gasteiger partial charge on any atom is -0.466 e. The molecule has 2 fully saturated rings. The fourth-order valence-corrected chi connectivity index (χ4v) is 4.54. The van der Waals surface area contributed by atoms with Crippen LogP contribution in [0.15, 0.2) is 18.2 Å². The summed E-state index contributed by atoms with van der Waals surface area (Å²) >= 11 is 0. The number of hydrogen-bond acceptors (Lipinski definition) is 7. The molecule has 0 spiro atoms. The van der Waals surface area contributed by atoms with Crippen molar-refractivity contribution < 1.29 is 24.0 Å². The van der Waals surface area contributed by atoms with Gasteiger partial charge in [0.05, 0.1) is 35.2 Å². The van der Waals surface area contributed by atoms with E-state index in [1.54, 1.807) is 17.9 Å². The molecule has 186 valence electrons. The number of anilines is 1. The monoisotopic (exact) mass is 474 g/mol. The van der Waals surface area contributed by atoms with Crippen molar-refractivity contribution in [2.75, 3.05) is 51.3 Å². The Labute approximate surface area is 200 Å². The summed E-state index contributed by atoms with van der Waals surface area (Å²) in [7, 11) is 1.53. The average Bonchev–Trinajstić information content (AvgIpc) is 2.83. The summed E-state index contributed by atoms with van der Waals surface area (Å²) in [5.74, 6) is -0.471. The predicted molar refractivity (Wildman–Crippen MR) is 127 cm³/mol. The largest absolute Gasteiger partial charge is 0.466 e. The molecule has 2 aliphatic rings.